The number of hydrogen-bond acceptors (Lipinski definition) is 6. The van der Waals surface area contributed by atoms with E-state index in [1.165, 1.54) is 17.4 Å². The Hall–Kier alpha value is -3.34. The van der Waals surface area contributed by atoms with Gasteiger partial charge in [0.2, 0.25) is 0 Å². The molecule has 2 aromatic heterocycles. The van der Waals surface area contributed by atoms with Crippen molar-refractivity contribution in [1.29, 1.82) is 5.26 Å². The Morgan fingerprint density at radius 1 is 1.31 bits per heavy atom. The first-order valence-corrected chi connectivity index (χ1v) is 12.7. The van der Waals surface area contributed by atoms with Crippen LogP contribution in [0.15, 0.2) is 46.4 Å². The van der Waals surface area contributed by atoms with Crippen molar-refractivity contribution >= 4 is 45.9 Å². The molecule has 1 atom stereocenters. The second kappa shape index (κ2) is 10.9. The maximum absolute atomic E-state index is 13.0. The van der Waals surface area contributed by atoms with Crippen molar-refractivity contribution in [3.63, 3.8) is 0 Å². The van der Waals surface area contributed by atoms with Gasteiger partial charge in [-0.15, -0.1) is 11.3 Å². The van der Waals surface area contributed by atoms with Gasteiger partial charge in [-0.2, -0.15) is 5.26 Å². The summed E-state index contributed by atoms with van der Waals surface area (Å²) in [6.07, 6.45) is 5.09. The lowest BCUT2D eigenvalue weighted by atomic mass is 9.85. The van der Waals surface area contributed by atoms with Crippen LogP contribution in [-0.4, -0.2) is 18.5 Å². The fourth-order valence-corrected chi connectivity index (χ4v) is 5.73. The van der Waals surface area contributed by atoms with E-state index in [0.29, 0.717) is 33.0 Å². The van der Waals surface area contributed by atoms with Crippen molar-refractivity contribution in [2.75, 3.05) is 11.9 Å². The van der Waals surface area contributed by atoms with Gasteiger partial charge in [0.1, 0.15) is 28.2 Å². The summed E-state index contributed by atoms with van der Waals surface area (Å²) in [5, 5.41) is 13.5. The van der Waals surface area contributed by atoms with E-state index in [1.807, 2.05) is 18.2 Å². The van der Waals surface area contributed by atoms with Gasteiger partial charge in [0, 0.05) is 21.5 Å². The van der Waals surface area contributed by atoms with Crippen LogP contribution in [-0.2, 0) is 22.4 Å². The number of carbonyl (C=O) groups excluding carboxylic acids is 2. The monoisotopic (exact) mass is 508 g/mol. The van der Waals surface area contributed by atoms with Crippen LogP contribution in [0.25, 0.3) is 17.4 Å². The standard InChI is InChI=1S/C27H25ClN2O4S/c1-3-16-8-10-21-23(12-16)35-26(24(21)27(32)33-4-2)30-25(31)18(15-29)14-20-9-11-22(34-20)17-6-5-7-19(28)13-17/h5-7,9,11,13-14,16H,3-4,8,10,12H2,1-2H3,(H,30,31)/b18-14+. The Kier molecular flexibility index (Phi) is 7.74. The predicted molar refractivity (Wildman–Crippen MR) is 137 cm³/mol. The zero-order valence-corrected chi connectivity index (χ0v) is 21.1. The molecule has 0 saturated carbocycles. The summed E-state index contributed by atoms with van der Waals surface area (Å²) in [6, 6.07) is 12.6. The number of nitrogens with zero attached hydrogens (tertiary/aromatic N) is 1. The summed E-state index contributed by atoms with van der Waals surface area (Å²) in [5.74, 6) is 0.423. The highest BCUT2D eigenvalue weighted by Gasteiger charge is 2.30. The summed E-state index contributed by atoms with van der Waals surface area (Å²) < 4.78 is 11.1. The van der Waals surface area contributed by atoms with Gasteiger partial charge >= 0.3 is 5.97 Å². The minimum atomic E-state index is -0.607. The molecule has 0 saturated heterocycles. The average Bonchev–Trinajstić information content (AvgIpc) is 3.46. The number of amides is 1. The van der Waals surface area contributed by atoms with Gasteiger partial charge < -0.3 is 14.5 Å². The molecule has 35 heavy (non-hydrogen) atoms. The summed E-state index contributed by atoms with van der Waals surface area (Å²) in [6.45, 7) is 4.15. The van der Waals surface area contributed by atoms with E-state index in [0.717, 1.165) is 41.7 Å². The van der Waals surface area contributed by atoms with E-state index < -0.39 is 11.9 Å². The molecule has 0 aliphatic heterocycles. The van der Waals surface area contributed by atoms with Gasteiger partial charge in [-0.05, 0) is 61.9 Å². The lowest BCUT2D eigenvalue weighted by Gasteiger charge is -2.20. The van der Waals surface area contributed by atoms with Gasteiger partial charge in [0.05, 0.1) is 12.2 Å². The number of thiophene rings is 1. The second-order valence-electron chi connectivity index (χ2n) is 8.28. The molecule has 0 fully saturated rings. The molecule has 0 radical (unpaired) electrons. The normalized spacial score (nSPS) is 15.3. The smallest absolute Gasteiger partial charge is 0.341 e. The number of carbonyl (C=O) groups is 2. The quantitative estimate of drug-likeness (QED) is 0.213. The first kappa shape index (κ1) is 24.8. The van der Waals surface area contributed by atoms with Crippen LogP contribution in [0.3, 0.4) is 0 Å². The largest absolute Gasteiger partial charge is 0.462 e. The number of rotatable bonds is 7. The van der Waals surface area contributed by atoms with Gasteiger partial charge in [-0.25, -0.2) is 4.79 Å². The molecule has 1 aliphatic rings. The Morgan fingerprint density at radius 2 is 2.14 bits per heavy atom. The Bertz CT molecular complexity index is 1330. The first-order valence-electron chi connectivity index (χ1n) is 11.5. The summed E-state index contributed by atoms with van der Waals surface area (Å²) in [7, 11) is 0. The van der Waals surface area contributed by atoms with Crippen LogP contribution in [0.2, 0.25) is 5.02 Å². The number of furan rings is 1. The number of ether oxygens (including phenoxy) is 1. The third-order valence-corrected chi connectivity index (χ3v) is 7.44. The van der Waals surface area contributed by atoms with Crippen LogP contribution >= 0.6 is 22.9 Å². The van der Waals surface area contributed by atoms with Crippen LogP contribution in [0.4, 0.5) is 5.00 Å². The Balaban J connectivity index is 1.60. The molecule has 1 unspecified atom stereocenters. The fourth-order valence-electron chi connectivity index (χ4n) is 4.20. The average molecular weight is 509 g/mol. The van der Waals surface area contributed by atoms with Gasteiger partial charge in [-0.3, -0.25) is 4.79 Å². The lowest BCUT2D eigenvalue weighted by Crippen LogP contribution is -2.17. The number of fused-ring (bicyclic) bond motifs is 1. The molecule has 1 N–H and O–H groups in total. The zero-order valence-electron chi connectivity index (χ0n) is 19.5. The molecular weight excluding hydrogens is 484 g/mol. The fraction of sp³-hybridized carbons (Fsp3) is 0.296. The molecular formula is C27H25ClN2O4S. The van der Waals surface area contributed by atoms with Crippen LogP contribution in [0.5, 0.6) is 0 Å². The maximum atomic E-state index is 13.0. The molecule has 2 heterocycles. The SMILES string of the molecule is CCOC(=O)c1c(NC(=O)/C(C#N)=C/c2ccc(-c3cccc(Cl)c3)o2)sc2c1CCC(CC)C2. The second-order valence-corrected chi connectivity index (χ2v) is 9.82. The number of hydrogen-bond donors (Lipinski definition) is 1. The molecule has 3 aromatic rings. The summed E-state index contributed by atoms with van der Waals surface area (Å²) in [4.78, 5) is 26.9. The molecule has 8 heteroatoms. The number of esters is 1. The van der Waals surface area contributed by atoms with Crippen molar-refractivity contribution in [3.8, 4) is 17.4 Å². The van der Waals surface area contributed by atoms with E-state index in [-0.39, 0.29) is 12.2 Å². The van der Waals surface area contributed by atoms with Crippen LogP contribution in [0, 0.1) is 17.2 Å². The molecule has 1 aromatic carbocycles. The van der Waals surface area contributed by atoms with Crippen molar-refractivity contribution in [1.82, 2.24) is 0 Å². The first-order chi connectivity index (χ1) is 16.9. The van der Waals surface area contributed by atoms with Crippen molar-refractivity contribution in [3.05, 3.63) is 68.8 Å². The number of anilines is 1. The van der Waals surface area contributed by atoms with Gasteiger partial charge in [0.25, 0.3) is 5.91 Å². The van der Waals surface area contributed by atoms with Crippen molar-refractivity contribution in [2.45, 2.75) is 39.5 Å². The van der Waals surface area contributed by atoms with Gasteiger partial charge in [0.15, 0.2) is 0 Å². The molecule has 1 aliphatic carbocycles. The molecule has 1 amide bonds. The highest BCUT2D eigenvalue weighted by atomic mass is 35.5. The van der Waals surface area contributed by atoms with Crippen LogP contribution < -0.4 is 5.32 Å². The van der Waals surface area contributed by atoms with E-state index in [2.05, 4.69) is 12.2 Å². The third-order valence-electron chi connectivity index (χ3n) is 6.04. The number of nitrogens with one attached hydrogen (secondary N) is 1. The van der Waals surface area contributed by atoms with E-state index in [4.69, 9.17) is 20.8 Å². The maximum Gasteiger partial charge on any atom is 0.341 e. The number of halogens is 1. The van der Waals surface area contributed by atoms with E-state index in [1.54, 1.807) is 31.2 Å². The van der Waals surface area contributed by atoms with Crippen molar-refractivity contribution in [2.24, 2.45) is 5.92 Å². The molecule has 6 nitrogen and oxygen atoms in total. The third kappa shape index (κ3) is 5.50. The highest BCUT2D eigenvalue weighted by Crippen LogP contribution is 2.41. The van der Waals surface area contributed by atoms with E-state index >= 15 is 0 Å². The number of benzene rings is 1. The minimum absolute atomic E-state index is 0.135. The lowest BCUT2D eigenvalue weighted by molar-refractivity contribution is -0.112. The Morgan fingerprint density at radius 3 is 2.86 bits per heavy atom. The molecule has 0 spiro atoms. The van der Waals surface area contributed by atoms with Crippen molar-refractivity contribution < 1.29 is 18.7 Å². The number of nitriles is 1. The Labute approximate surface area is 213 Å². The van der Waals surface area contributed by atoms with E-state index in [9.17, 15) is 14.9 Å². The predicted octanol–water partition coefficient (Wildman–Crippen LogP) is 6.90. The van der Waals surface area contributed by atoms with Gasteiger partial charge in [-0.1, -0.05) is 37.1 Å². The summed E-state index contributed by atoms with van der Waals surface area (Å²) in [5.41, 5.74) is 2.01. The topological polar surface area (TPSA) is 92.3 Å². The molecule has 180 valence electrons. The zero-order chi connectivity index (χ0) is 24.9. The molecule has 0 bridgehead atoms. The van der Waals surface area contributed by atoms with Crippen LogP contribution in [0.1, 0.15) is 53.2 Å². The minimum Gasteiger partial charge on any atom is -0.462 e. The molecule has 4 rings (SSSR count). The highest BCUT2D eigenvalue weighted by molar-refractivity contribution is 7.17. The summed E-state index contributed by atoms with van der Waals surface area (Å²) >= 11 is 7.45.